The summed E-state index contributed by atoms with van der Waals surface area (Å²) in [7, 11) is -3.64. The van der Waals surface area contributed by atoms with Gasteiger partial charge in [-0.15, -0.1) is 0 Å². The molecule has 0 unspecified atom stereocenters. The lowest BCUT2D eigenvalue weighted by Gasteiger charge is -2.09. The highest BCUT2D eigenvalue weighted by atomic mass is 32.2. The highest BCUT2D eigenvalue weighted by Crippen LogP contribution is 2.20. The van der Waals surface area contributed by atoms with Crippen LogP contribution in [0, 0.1) is 0 Å². The number of halogens is 3. The van der Waals surface area contributed by atoms with Gasteiger partial charge in [-0.3, -0.25) is 0 Å². The number of alkyl halides is 3. The Kier molecular flexibility index (Phi) is 5.97. The molecule has 0 spiro atoms. The SMILES string of the molecule is NCc1cccc(CS(=O)(=O)NCCCC(F)(F)F)c1. The van der Waals surface area contributed by atoms with Gasteiger partial charge >= 0.3 is 6.18 Å². The average molecular weight is 310 g/mol. The number of benzene rings is 1. The molecule has 0 aliphatic carbocycles. The molecule has 0 saturated carbocycles. The number of sulfonamides is 1. The van der Waals surface area contributed by atoms with Crippen molar-refractivity contribution in [1.82, 2.24) is 4.72 Å². The first kappa shape index (κ1) is 16.9. The Balaban J connectivity index is 2.49. The van der Waals surface area contributed by atoms with Crippen LogP contribution in [0.3, 0.4) is 0 Å². The van der Waals surface area contributed by atoms with E-state index in [0.29, 0.717) is 12.1 Å². The van der Waals surface area contributed by atoms with Crippen molar-refractivity contribution in [3.8, 4) is 0 Å². The van der Waals surface area contributed by atoms with Crippen LogP contribution in [0.4, 0.5) is 13.2 Å². The molecule has 0 fully saturated rings. The summed E-state index contributed by atoms with van der Waals surface area (Å²) in [6, 6.07) is 6.76. The number of rotatable bonds is 7. The van der Waals surface area contributed by atoms with E-state index in [9.17, 15) is 21.6 Å². The zero-order valence-electron chi connectivity index (χ0n) is 10.8. The summed E-state index contributed by atoms with van der Waals surface area (Å²) in [4.78, 5) is 0. The second-order valence-electron chi connectivity index (χ2n) is 4.40. The molecule has 1 rings (SSSR count). The quantitative estimate of drug-likeness (QED) is 0.756. The zero-order valence-corrected chi connectivity index (χ0v) is 11.6. The van der Waals surface area contributed by atoms with Crippen molar-refractivity contribution < 1.29 is 21.6 Å². The third-order valence-corrected chi connectivity index (χ3v) is 3.90. The second kappa shape index (κ2) is 7.05. The standard InChI is InChI=1S/C12H17F3N2O2S/c13-12(14,15)5-2-6-17-20(18,19)9-11-4-1-3-10(7-11)8-16/h1,3-4,7,17H,2,5-6,8-9,16H2. The van der Waals surface area contributed by atoms with E-state index >= 15 is 0 Å². The molecule has 3 N–H and O–H groups in total. The van der Waals surface area contributed by atoms with Crippen LogP contribution in [0.2, 0.25) is 0 Å². The molecule has 0 amide bonds. The topological polar surface area (TPSA) is 72.2 Å². The molecular weight excluding hydrogens is 293 g/mol. The van der Waals surface area contributed by atoms with Gasteiger partial charge < -0.3 is 5.73 Å². The van der Waals surface area contributed by atoms with Crippen molar-refractivity contribution in [2.45, 2.75) is 31.3 Å². The number of nitrogens with one attached hydrogen (secondary N) is 1. The van der Waals surface area contributed by atoms with Crippen LogP contribution < -0.4 is 10.5 Å². The Labute approximate surface area is 116 Å². The molecule has 0 aromatic heterocycles. The van der Waals surface area contributed by atoms with Gasteiger partial charge in [-0.2, -0.15) is 13.2 Å². The van der Waals surface area contributed by atoms with Crippen molar-refractivity contribution in [1.29, 1.82) is 0 Å². The van der Waals surface area contributed by atoms with E-state index in [1.165, 1.54) is 0 Å². The van der Waals surface area contributed by atoms with E-state index in [0.717, 1.165) is 5.56 Å². The fraction of sp³-hybridized carbons (Fsp3) is 0.500. The van der Waals surface area contributed by atoms with E-state index in [-0.39, 0.29) is 18.7 Å². The van der Waals surface area contributed by atoms with Crippen molar-refractivity contribution in [3.05, 3.63) is 35.4 Å². The third kappa shape index (κ3) is 6.88. The molecule has 1 aromatic carbocycles. The van der Waals surface area contributed by atoms with E-state index in [2.05, 4.69) is 4.72 Å². The van der Waals surface area contributed by atoms with Gasteiger partial charge in [-0.05, 0) is 17.5 Å². The van der Waals surface area contributed by atoms with Gasteiger partial charge in [0.1, 0.15) is 0 Å². The highest BCUT2D eigenvalue weighted by Gasteiger charge is 2.26. The van der Waals surface area contributed by atoms with Gasteiger partial charge in [-0.1, -0.05) is 24.3 Å². The van der Waals surface area contributed by atoms with E-state index in [1.807, 2.05) is 0 Å². The lowest BCUT2D eigenvalue weighted by atomic mass is 10.1. The Morgan fingerprint density at radius 3 is 2.45 bits per heavy atom. The van der Waals surface area contributed by atoms with Gasteiger partial charge in [0.25, 0.3) is 0 Å². The fourth-order valence-electron chi connectivity index (χ4n) is 1.63. The number of hydrogen-bond acceptors (Lipinski definition) is 3. The maximum absolute atomic E-state index is 11.9. The van der Waals surface area contributed by atoms with Crippen LogP contribution in [0.25, 0.3) is 0 Å². The molecule has 0 radical (unpaired) electrons. The molecule has 0 aliphatic rings. The molecule has 8 heteroatoms. The first-order chi connectivity index (χ1) is 9.22. The number of nitrogens with two attached hydrogens (primary N) is 1. The molecular formula is C12H17F3N2O2S. The predicted molar refractivity (Wildman–Crippen MR) is 70.2 cm³/mol. The Hall–Kier alpha value is -1.12. The zero-order chi connectivity index (χ0) is 15.2. The van der Waals surface area contributed by atoms with Gasteiger partial charge in [0.05, 0.1) is 5.75 Å². The van der Waals surface area contributed by atoms with Crippen LogP contribution in [0.1, 0.15) is 24.0 Å². The van der Waals surface area contributed by atoms with Gasteiger partial charge in [0.2, 0.25) is 10.0 Å². The summed E-state index contributed by atoms with van der Waals surface area (Å²) >= 11 is 0. The number of hydrogen-bond donors (Lipinski definition) is 2. The van der Waals surface area contributed by atoms with E-state index in [4.69, 9.17) is 5.73 Å². The van der Waals surface area contributed by atoms with Gasteiger partial charge in [0, 0.05) is 19.5 Å². The Morgan fingerprint density at radius 1 is 1.20 bits per heavy atom. The van der Waals surface area contributed by atoms with E-state index < -0.39 is 22.6 Å². The molecule has 114 valence electrons. The smallest absolute Gasteiger partial charge is 0.326 e. The summed E-state index contributed by atoms with van der Waals surface area (Å²) in [5.74, 6) is -0.271. The summed E-state index contributed by atoms with van der Waals surface area (Å²) in [5, 5.41) is 0. The molecule has 20 heavy (non-hydrogen) atoms. The molecule has 0 saturated heterocycles. The molecule has 0 bridgehead atoms. The maximum Gasteiger partial charge on any atom is 0.389 e. The van der Waals surface area contributed by atoms with Crippen LogP contribution in [0.5, 0.6) is 0 Å². The molecule has 0 atom stereocenters. The van der Waals surface area contributed by atoms with Crippen LogP contribution in [0.15, 0.2) is 24.3 Å². The van der Waals surface area contributed by atoms with E-state index in [1.54, 1.807) is 24.3 Å². The van der Waals surface area contributed by atoms with Crippen molar-refractivity contribution >= 4 is 10.0 Å². The predicted octanol–water partition coefficient (Wildman–Crippen LogP) is 1.91. The minimum Gasteiger partial charge on any atom is -0.326 e. The molecule has 1 aromatic rings. The lowest BCUT2D eigenvalue weighted by molar-refractivity contribution is -0.135. The van der Waals surface area contributed by atoms with Crippen molar-refractivity contribution in [2.75, 3.05) is 6.54 Å². The minimum atomic E-state index is -4.26. The lowest BCUT2D eigenvalue weighted by Crippen LogP contribution is -2.27. The first-order valence-electron chi connectivity index (χ1n) is 6.04. The maximum atomic E-state index is 11.9. The summed E-state index contributed by atoms with van der Waals surface area (Å²) in [6.07, 6.45) is -5.54. The summed E-state index contributed by atoms with van der Waals surface area (Å²) in [6.45, 7) is 0.0747. The first-order valence-corrected chi connectivity index (χ1v) is 7.69. The van der Waals surface area contributed by atoms with Gasteiger partial charge in [0.15, 0.2) is 0 Å². The Morgan fingerprint density at radius 2 is 1.85 bits per heavy atom. The Bertz CT molecular complexity index is 530. The van der Waals surface area contributed by atoms with Gasteiger partial charge in [-0.25, -0.2) is 13.1 Å². The molecule has 4 nitrogen and oxygen atoms in total. The second-order valence-corrected chi connectivity index (χ2v) is 6.20. The monoisotopic (exact) mass is 310 g/mol. The average Bonchev–Trinajstić information content (AvgIpc) is 2.33. The van der Waals surface area contributed by atoms with Crippen LogP contribution in [-0.4, -0.2) is 21.1 Å². The molecule has 0 aliphatic heterocycles. The normalized spacial score (nSPS) is 12.6. The highest BCUT2D eigenvalue weighted by molar-refractivity contribution is 7.88. The van der Waals surface area contributed by atoms with Crippen LogP contribution >= 0.6 is 0 Å². The fourth-order valence-corrected chi connectivity index (χ4v) is 2.81. The van der Waals surface area contributed by atoms with Crippen molar-refractivity contribution in [2.24, 2.45) is 5.73 Å². The minimum absolute atomic E-state index is 0.224. The van der Waals surface area contributed by atoms with Crippen LogP contribution in [-0.2, 0) is 22.3 Å². The largest absolute Gasteiger partial charge is 0.389 e. The van der Waals surface area contributed by atoms with Crippen molar-refractivity contribution in [3.63, 3.8) is 0 Å². The summed E-state index contributed by atoms with van der Waals surface area (Å²) in [5.41, 5.74) is 6.80. The third-order valence-electron chi connectivity index (χ3n) is 2.54. The molecule has 0 heterocycles. The summed E-state index contributed by atoms with van der Waals surface area (Å²) < 4.78 is 61.3.